The summed E-state index contributed by atoms with van der Waals surface area (Å²) >= 11 is 2.10. The number of nitrogens with zero attached hydrogens (tertiary/aromatic N) is 4. The summed E-state index contributed by atoms with van der Waals surface area (Å²) in [5.41, 5.74) is 14.1. The van der Waals surface area contributed by atoms with Gasteiger partial charge >= 0.3 is 198 Å². The van der Waals surface area contributed by atoms with Crippen molar-refractivity contribution >= 4 is 32.8 Å². The van der Waals surface area contributed by atoms with Crippen molar-refractivity contribution in [3.8, 4) is 45.3 Å². The van der Waals surface area contributed by atoms with E-state index in [1.54, 1.807) is 0 Å². The molecule has 0 unspecified atom stereocenters. The van der Waals surface area contributed by atoms with Crippen molar-refractivity contribution in [1.29, 1.82) is 0 Å². The Morgan fingerprint density at radius 1 is 0.518 bits per heavy atom. The van der Waals surface area contributed by atoms with Crippen LogP contribution < -0.4 is 4.74 Å². The van der Waals surface area contributed by atoms with E-state index in [1.165, 1.54) is 49.1 Å². The van der Waals surface area contributed by atoms with Crippen molar-refractivity contribution in [1.82, 2.24) is 18.7 Å². The maximum atomic E-state index is 8.27. The first-order valence-electron chi connectivity index (χ1n) is 20.1. The third kappa shape index (κ3) is 4.18. The van der Waals surface area contributed by atoms with E-state index in [2.05, 4.69) is 127 Å². The molecule has 5 nitrogen and oxygen atoms in total. The second-order valence-corrected chi connectivity index (χ2v) is 15.5. The van der Waals surface area contributed by atoms with Gasteiger partial charge in [-0.15, -0.1) is 0 Å². The SMILES string of the molecule is [2H]C([2H])([2H])n1[c](=[Pt])n(-c2cccc(Oc3ccc4c5cc6c(cc5n(-c5ccccn5)c4c3)C3(c4ccccc4-c4ccccc43)c3ccccc3-6)c2)c2ccccc21. The minimum absolute atomic E-state index is 0.469. The second kappa shape index (κ2) is 11.7. The van der Waals surface area contributed by atoms with Crippen LogP contribution in [0.2, 0.25) is 0 Å². The van der Waals surface area contributed by atoms with Gasteiger partial charge in [-0.05, 0) is 50.6 Å². The molecule has 3 heterocycles. The average Bonchev–Trinajstić information content (AvgIpc) is 3.94. The number of imidazole rings is 1. The van der Waals surface area contributed by atoms with Gasteiger partial charge < -0.3 is 0 Å². The van der Waals surface area contributed by atoms with E-state index in [-0.39, 0.29) is 0 Å². The van der Waals surface area contributed by atoms with Gasteiger partial charge in [-0.1, -0.05) is 78.9 Å². The Bertz CT molecular complexity index is 3410. The fourth-order valence-corrected chi connectivity index (χ4v) is 10.4. The predicted octanol–water partition coefficient (Wildman–Crippen LogP) is 11.7. The summed E-state index contributed by atoms with van der Waals surface area (Å²) in [6.07, 6.45) is 1.84. The fourth-order valence-electron chi connectivity index (χ4n) is 9.56. The number of hydrogen-bond donors (Lipinski definition) is 0. The average molecular weight is 903 g/mol. The summed E-state index contributed by atoms with van der Waals surface area (Å²) < 4.78 is 37.7. The molecule has 268 valence electrons. The van der Waals surface area contributed by atoms with Crippen molar-refractivity contribution in [3.05, 3.63) is 202 Å². The molecule has 0 fully saturated rings. The van der Waals surface area contributed by atoms with Crippen LogP contribution in [0, 0.1) is 3.80 Å². The molecule has 0 saturated carbocycles. The van der Waals surface area contributed by atoms with E-state index < -0.39 is 12.4 Å². The molecule has 0 bridgehead atoms. The zero-order chi connectivity index (χ0) is 39.6. The van der Waals surface area contributed by atoms with E-state index in [9.17, 15) is 0 Å². The van der Waals surface area contributed by atoms with Crippen LogP contribution in [0.25, 0.3) is 66.6 Å². The first-order chi connectivity index (χ1) is 28.8. The molecule has 3 aromatic heterocycles. The second-order valence-electron chi connectivity index (χ2n) is 14.5. The molecule has 6 heteroatoms. The Labute approximate surface area is 338 Å². The molecule has 0 radical (unpaired) electrons. The molecular formula is C50H32N4OPt. The number of fused-ring (bicyclic) bond motifs is 14. The van der Waals surface area contributed by atoms with E-state index in [0.29, 0.717) is 20.8 Å². The van der Waals surface area contributed by atoms with E-state index >= 15 is 0 Å². The number of benzene rings is 7. The van der Waals surface area contributed by atoms with Gasteiger partial charge in [-0.3, -0.25) is 0 Å². The molecule has 2 aliphatic rings. The molecule has 10 aromatic rings. The summed E-state index contributed by atoms with van der Waals surface area (Å²) in [6.45, 7) is -2.34. The van der Waals surface area contributed by atoms with Crippen LogP contribution in [0.4, 0.5) is 0 Å². The van der Waals surface area contributed by atoms with Gasteiger partial charge in [0, 0.05) is 6.20 Å². The minimum atomic E-state index is -2.34. The van der Waals surface area contributed by atoms with Crippen molar-refractivity contribution in [2.24, 2.45) is 6.98 Å². The van der Waals surface area contributed by atoms with Crippen molar-refractivity contribution < 1.29 is 28.2 Å². The molecule has 1 spiro atoms. The first-order valence-corrected chi connectivity index (χ1v) is 19.8. The van der Waals surface area contributed by atoms with E-state index in [1.807, 2.05) is 77.5 Å². The van der Waals surface area contributed by atoms with E-state index in [0.717, 1.165) is 38.8 Å². The van der Waals surface area contributed by atoms with Crippen molar-refractivity contribution in [3.63, 3.8) is 0 Å². The number of para-hydroxylation sites is 2. The van der Waals surface area contributed by atoms with Gasteiger partial charge in [-0.2, -0.15) is 0 Å². The van der Waals surface area contributed by atoms with Crippen LogP contribution in [-0.2, 0) is 31.7 Å². The first kappa shape index (κ1) is 28.8. The number of ether oxygens (including phenoxy) is 1. The Balaban J connectivity index is 1.05. The maximum absolute atomic E-state index is 8.27. The molecule has 0 N–H and O–H groups in total. The summed E-state index contributed by atoms with van der Waals surface area (Å²) in [5.74, 6) is 2.13. The predicted molar refractivity (Wildman–Crippen MR) is 220 cm³/mol. The monoisotopic (exact) mass is 902 g/mol. The normalized spacial score (nSPS) is 14.4. The summed E-state index contributed by atoms with van der Waals surface area (Å²) in [4.78, 5) is 4.90. The van der Waals surface area contributed by atoms with Crippen LogP contribution >= 0.6 is 0 Å². The topological polar surface area (TPSA) is 36.9 Å². The summed E-state index contributed by atoms with van der Waals surface area (Å²) in [6, 6.07) is 59.2. The van der Waals surface area contributed by atoms with Gasteiger partial charge in [0.15, 0.2) is 0 Å². The molecule has 7 aromatic carbocycles. The van der Waals surface area contributed by atoms with Gasteiger partial charge in [-0.25, -0.2) is 0 Å². The quantitative estimate of drug-likeness (QED) is 0.176. The molecule has 56 heavy (non-hydrogen) atoms. The van der Waals surface area contributed by atoms with Gasteiger partial charge in [0.1, 0.15) is 0 Å². The third-order valence-corrected chi connectivity index (χ3v) is 12.8. The van der Waals surface area contributed by atoms with Crippen LogP contribution in [0.15, 0.2) is 176 Å². The van der Waals surface area contributed by atoms with Gasteiger partial charge in [0.25, 0.3) is 0 Å². The number of pyridine rings is 1. The third-order valence-electron chi connectivity index (χ3n) is 11.7. The molecule has 0 atom stereocenters. The number of aryl methyl sites for hydroxylation is 1. The van der Waals surface area contributed by atoms with Gasteiger partial charge in [0.2, 0.25) is 0 Å². The number of aromatic nitrogens is 4. The Kier molecular flexibility index (Phi) is 6.04. The van der Waals surface area contributed by atoms with Gasteiger partial charge in [0.05, 0.1) is 5.41 Å². The summed E-state index contributed by atoms with van der Waals surface area (Å²) in [5, 5.41) is 2.24. The molecule has 0 saturated heterocycles. The number of hydrogen-bond acceptors (Lipinski definition) is 2. The van der Waals surface area contributed by atoms with Crippen molar-refractivity contribution in [2.45, 2.75) is 5.41 Å². The van der Waals surface area contributed by atoms with Crippen LogP contribution in [0.3, 0.4) is 0 Å². The Morgan fingerprint density at radius 2 is 1.16 bits per heavy atom. The molecule has 2 aliphatic carbocycles. The summed E-state index contributed by atoms with van der Waals surface area (Å²) in [7, 11) is 0. The Morgan fingerprint density at radius 3 is 1.88 bits per heavy atom. The zero-order valence-corrected chi connectivity index (χ0v) is 32.0. The Hall–Kier alpha value is -6.55. The molecule has 0 amide bonds. The molecular weight excluding hydrogens is 868 g/mol. The zero-order valence-electron chi connectivity index (χ0n) is 32.8. The standard InChI is InChI=1S/C50H32N4O.Pt/c1-52-31-53(46-22-9-8-21-45(46)52)32-13-12-14-33(27-32)55-34-24-25-38-40-29-39-37-17-4-7-20-43(37)50(41-18-5-2-15-35(41)36-16-3-6-19-42(36)50)44(39)30-48(40)54(47(38)28-34)49-23-10-11-26-51-49;/h2-30H,1H3;/i1D3;. The van der Waals surface area contributed by atoms with Crippen LogP contribution in [-0.4, -0.2) is 18.7 Å². The van der Waals surface area contributed by atoms with Crippen LogP contribution in [0.5, 0.6) is 11.5 Å². The van der Waals surface area contributed by atoms with E-state index in [4.69, 9.17) is 13.8 Å². The van der Waals surface area contributed by atoms with Crippen LogP contribution in [0.1, 0.15) is 26.4 Å². The number of rotatable bonds is 4. The molecule has 0 aliphatic heterocycles. The van der Waals surface area contributed by atoms with Crippen molar-refractivity contribution in [2.75, 3.05) is 0 Å². The molecule has 12 rings (SSSR count). The fraction of sp³-hybridized carbons (Fsp3) is 0.0400.